The highest BCUT2D eigenvalue weighted by Crippen LogP contribution is 2.43. The Balaban J connectivity index is 1.51. The average molecular weight is 492 g/mol. The summed E-state index contributed by atoms with van der Waals surface area (Å²) in [6.07, 6.45) is 4.94. The summed E-state index contributed by atoms with van der Waals surface area (Å²) in [6.45, 7) is 15.5. The Morgan fingerprint density at radius 2 is 1.57 bits per heavy atom. The highest BCUT2D eigenvalue weighted by molar-refractivity contribution is 6.78. The van der Waals surface area contributed by atoms with Gasteiger partial charge in [0.1, 0.15) is 23.3 Å². The molecule has 0 bridgehead atoms. The Labute approximate surface area is 211 Å². The smallest absolute Gasteiger partial charge is 0.258 e. The van der Waals surface area contributed by atoms with Crippen molar-refractivity contribution in [3.05, 3.63) is 70.6 Å². The number of nitrogens with zero attached hydrogens (tertiary/aromatic N) is 1. The van der Waals surface area contributed by atoms with E-state index in [4.69, 9.17) is 8.84 Å². The largest absolute Gasteiger partial charge is 0.543 e. The van der Waals surface area contributed by atoms with Crippen LogP contribution < -0.4 is 14.8 Å². The van der Waals surface area contributed by atoms with Crippen molar-refractivity contribution in [2.24, 2.45) is 5.92 Å². The van der Waals surface area contributed by atoms with Crippen molar-refractivity contribution in [3.8, 4) is 5.75 Å². The molecule has 1 aliphatic heterocycles. The van der Waals surface area contributed by atoms with Crippen molar-refractivity contribution in [2.75, 3.05) is 18.0 Å². The molecule has 35 heavy (non-hydrogen) atoms. The lowest BCUT2D eigenvalue weighted by atomic mass is 9.90. The summed E-state index contributed by atoms with van der Waals surface area (Å²) in [7, 11) is -2.07. The van der Waals surface area contributed by atoms with E-state index in [2.05, 4.69) is 76.8 Å². The summed E-state index contributed by atoms with van der Waals surface area (Å²) < 4.78 is 12.8. The van der Waals surface area contributed by atoms with Crippen molar-refractivity contribution in [1.82, 2.24) is 0 Å². The monoisotopic (exact) mass is 491 g/mol. The zero-order valence-electron chi connectivity index (χ0n) is 22.2. The van der Waals surface area contributed by atoms with E-state index in [0.29, 0.717) is 39.2 Å². The summed E-state index contributed by atoms with van der Waals surface area (Å²) in [4.78, 5) is 15.6. The number of anilines is 1. The quantitative estimate of drug-likeness (QED) is 0.301. The maximum Gasteiger partial charge on any atom is 0.258 e. The van der Waals surface area contributed by atoms with Gasteiger partial charge in [-0.3, -0.25) is 4.79 Å². The van der Waals surface area contributed by atoms with Gasteiger partial charge in [-0.1, -0.05) is 71.9 Å². The van der Waals surface area contributed by atoms with Crippen molar-refractivity contribution >= 4 is 25.0 Å². The molecule has 1 saturated heterocycles. The number of rotatable bonds is 8. The minimum absolute atomic E-state index is 0.0550. The molecule has 0 atom stereocenters. The molecular formula is C30H41NO3Si. The van der Waals surface area contributed by atoms with Crippen LogP contribution in [0, 0.1) is 5.92 Å². The van der Waals surface area contributed by atoms with Crippen molar-refractivity contribution < 1.29 is 8.84 Å². The first-order chi connectivity index (χ1) is 16.7. The van der Waals surface area contributed by atoms with Gasteiger partial charge in [0, 0.05) is 19.2 Å². The fourth-order valence-corrected chi connectivity index (χ4v) is 11.5. The molecule has 0 spiro atoms. The highest BCUT2D eigenvalue weighted by Gasteiger charge is 2.47. The second kappa shape index (κ2) is 10.6. The molecule has 2 heterocycles. The number of hydrogen-bond donors (Lipinski definition) is 0. The Morgan fingerprint density at radius 1 is 0.943 bits per heavy atom. The summed E-state index contributed by atoms with van der Waals surface area (Å²) in [5.41, 5.74) is 4.19. The second-order valence-corrected chi connectivity index (χ2v) is 16.5. The van der Waals surface area contributed by atoms with Crippen LogP contribution in [0.4, 0.5) is 5.69 Å². The third-order valence-corrected chi connectivity index (χ3v) is 14.1. The third-order valence-electron chi connectivity index (χ3n) is 8.05. The highest BCUT2D eigenvalue weighted by atomic mass is 28.4. The number of piperidine rings is 1. The minimum Gasteiger partial charge on any atom is -0.543 e. The van der Waals surface area contributed by atoms with Gasteiger partial charge in [-0.15, -0.1) is 0 Å². The van der Waals surface area contributed by atoms with Gasteiger partial charge in [0.2, 0.25) is 5.43 Å². The summed E-state index contributed by atoms with van der Waals surface area (Å²) in [6, 6.07) is 16.5. The van der Waals surface area contributed by atoms with E-state index < -0.39 is 8.32 Å². The molecule has 4 rings (SSSR count). The normalized spacial score (nSPS) is 15.5. The van der Waals surface area contributed by atoms with Crippen LogP contribution in [-0.4, -0.2) is 21.4 Å². The van der Waals surface area contributed by atoms with Gasteiger partial charge in [0.05, 0.1) is 5.39 Å². The van der Waals surface area contributed by atoms with Crippen molar-refractivity contribution in [3.63, 3.8) is 0 Å². The lowest BCUT2D eigenvalue weighted by Gasteiger charge is -2.42. The first-order valence-corrected chi connectivity index (χ1v) is 15.4. The van der Waals surface area contributed by atoms with Crippen LogP contribution >= 0.6 is 0 Å². The Morgan fingerprint density at radius 3 is 2.17 bits per heavy atom. The van der Waals surface area contributed by atoms with Crippen LogP contribution in [-0.2, 0) is 6.42 Å². The predicted molar refractivity (Wildman–Crippen MR) is 149 cm³/mol. The molecule has 4 nitrogen and oxygen atoms in total. The van der Waals surface area contributed by atoms with E-state index in [1.165, 1.54) is 5.56 Å². The second-order valence-electron chi connectivity index (χ2n) is 11.1. The molecule has 1 aliphatic rings. The standard InChI is InChI=1S/C30H41NO3Si/c1-21(2)35(22(3)4,23(5)6)34-26-12-13-27-29(19-26)33-20-28(30(27)32)31-16-14-25(15-17-31)18-24-10-8-7-9-11-24/h7-13,19-23,25H,14-18H2,1-6H3. The molecule has 5 heteroatoms. The average Bonchev–Trinajstić information content (AvgIpc) is 2.83. The van der Waals surface area contributed by atoms with E-state index in [1.54, 1.807) is 6.26 Å². The Hall–Kier alpha value is -2.53. The Bertz CT molecular complexity index is 1160. The van der Waals surface area contributed by atoms with E-state index in [0.717, 1.165) is 38.1 Å². The first-order valence-electron chi connectivity index (χ1n) is 13.3. The summed E-state index contributed by atoms with van der Waals surface area (Å²) in [5.74, 6) is 1.48. The van der Waals surface area contributed by atoms with Crippen LogP contribution in [0.15, 0.2) is 64.0 Å². The molecule has 0 saturated carbocycles. The van der Waals surface area contributed by atoms with Crippen LogP contribution in [0.2, 0.25) is 16.6 Å². The molecule has 1 aromatic heterocycles. The maximum atomic E-state index is 13.4. The van der Waals surface area contributed by atoms with Gasteiger partial charge in [-0.2, -0.15) is 0 Å². The van der Waals surface area contributed by atoms with Crippen molar-refractivity contribution in [1.29, 1.82) is 0 Å². The number of hydrogen-bond acceptors (Lipinski definition) is 4. The number of fused-ring (bicyclic) bond motifs is 1. The van der Waals surface area contributed by atoms with Gasteiger partial charge >= 0.3 is 0 Å². The molecule has 2 aromatic carbocycles. The topological polar surface area (TPSA) is 42.7 Å². The van der Waals surface area contributed by atoms with Gasteiger partial charge in [0.15, 0.2) is 0 Å². The molecule has 0 amide bonds. The SMILES string of the molecule is CC(C)[Si](Oc1ccc2c(=O)c(N3CCC(Cc4ccccc4)CC3)coc2c1)(C(C)C)C(C)C. The lowest BCUT2D eigenvalue weighted by molar-refractivity contribution is 0.402. The van der Waals surface area contributed by atoms with Gasteiger partial charge < -0.3 is 13.7 Å². The van der Waals surface area contributed by atoms with Crippen LogP contribution in [0.5, 0.6) is 5.75 Å². The van der Waals surface area contributed by atoms with Crippen LogP contribution in [0.1, 0.15) is 59.9 Å². The molecule has 1 fully saturated rings. The fourth-order valence-electron chi connectivity index (χ4n) is 6.26. The lowest BCUT2D eigenvalue weighted by Crippen LogP contribution is -2.50. The molecule has 3 aromatic rings. The van der Waals surface area contributed by atoms with Crippen molar-refractivity contribution in [2.45, 2.75) is 77.4 Å². The molecule has 0 unspecified atom stereocenters. The summed E-state index contributed by atoms with van der Waals surface area (Å²) >= 11 is 0. The fraction of sp³-hybridized carbons (Fsp3) is 0.500. The minimum atomic E-state index is -2.07. The van der Waals surface area contributed by atoms with E-state index in [-0.39, 0.29) is 5.43 Å². The zero-order valence-corrected chi connectivity index (χ0v) is 23.2. The Kier molecular flexibility index (Phi) is 7.75. The number of benzene rings is 2. The third kappa shape index (κ3) is 5.20. The molecular weight excluding hydrogens is 450 g/mol. The zero-order chi connectivity index (χ0) is 25.2. The molecule has 0 radical (unpaired) electrons. The first kappa shape index (κ1) is 25.6. The van der Waals surface area contributed by atoms with Gasteiger partial charge in [-0.25, -0.2) is 0 Å². The van der Waals surface area contributed by atoms with E-state index in [1.807, 2.05) is 18.2 Å². The van der Waals surface area contributed by atoms with Crippen LogP contribution in [0.3, 0.4) is 0 Å². The predicted octanol–water partition coefficient (Wildman–Crippen LogP) is 7.81. The van der Waals surface area contributed by atoms with Crippen LogP contribution in [0.25, 0.3) is 11.0 Å². The van der Waals surface area contributed by atoms with Gasteiger partial charge in [-0.05, 0) is 59.5 Å². The van der Waals surface area contributed by atoms with E-state index in [9.17, 15) is 4.79 Å². The van der Waals surface area contributed by atoms with Gasteiger partial charge in [0.25, 0.3) is 8.32 Å². The molecule has 188 valence electrons. The molecule has 0 aliphatic carbocycles. The molecule has 0 N–H and O–H groups in total. The maximum absolute atomic E-state index is 13.4. The van der Waals surface area contributed by atoms with E-state index >= 15 is 0 Å². The summed E-state index contributed by atoms with van der Waals surface area (Å²) in [5, 5.41) is 0.632.